The molecule has 0 saturated carbocycles. The van der Waals surface area contributed by atoms with E-state index >= 15 is 0 Å². The molecule has 0 unspecified atom stereocenters. The first kappa shape index (κ1) is 14.8. The number of aromatic hydroxyl groups is 1. The highest BCUT2D eigenvalue weighted by Gasteiger charge is 2.14. The van der Waals surface area contributed by atoms with Crippen LogP contribution in [0.25, 0.3) is 0 Å². The summed E-state index contributed by atoms with van der Waals surface area (Å²) in [7, 11) is 0. The highest BCUT2D eigenvalue weighted by molar-refractivity contribution is 5.54. The fraction of sp³-hybridized carbons (Fsp3) is 0.600. The predicted molar refractivity (Wildman–Crippen MR) is 78.1 cm³/mol. The van der Waals surface area contributed by atoms with E-state index in [9.17, 15) is 5.11 Å². The lowest BCUT2D eigenvalue weighted by Gasteiger charge is -2.23. The van der Waals surface area contributed by atoms with Crippen molar-refractivity contribution in [3.63, 3.8) is 0 Å². The number of nitrogens with two attached hydrogens (primary N) is 1. The Labute approximate surface area is 111 Å². The Morgan fingerprint density at radius 3 is 2.28 bits per heavy atom. The summed E-state index contributed by atoms with van der Waals surface area (Å²) in [5, 5.41) is 10.1. The van der Waals surface area contributed by atoms with E-state index in [0.29, 0.717) is 11.7 Å². The molecule has 18 heavy (non-hydrogen) atoms. The van der Waals surface area contributed by atoms with Gasteiger partial charge in [-0.25, -0.2) is 0 Å². The van der Waals surface area contributed by atoms with E-state index in [-0.39, 0.29) is 6.04 Å². The van der Waals surface area contributed by atoms with Crippen LogP contribution < -0.4 is 10.6 Å². The summed E-state index contributed by atoms with van der Waals surface area (Å²) in [4.78, 5) is 2.21. The zero-order chi connectivity index (χ0) is 13.7. The number of phenolic OH excluding ortho intramolecular Hbond substituents is 1. The number of phenols is 1. The summed E-state index contributed by atoms with van der Waals surface area (Å²) in [5.41, 5.74) is 8.01. The molecule has 0 aromatic heterocycles. The lowest BCUT2D eigenvalue weighted by Crippen LogP contribution is -2.22. The second kappa shape index (κ2) is 6.64. The van der Waals surface area contributed by atoms with Gasteiger partial charge in [-0.15, -0.1) is 0 Å². The maximum Gasteiger partial charge on any atom is 0.122 e. The quantitative estimate of drug-likeness (QED) is 0.814. The van der Waals surface area contributed by atoms with Crippen LogP contribution in [0.15, 0.2) is 18.2 Å². The van der Waals surface area contributed by atoms with Gasteiger partial charge in [0.25, 0.3) is 0 Å². The van der Waals surface area contributed by atoms with E-state index < -0.39 is 0 Å². The van der Waals surface area contributed by atoms with E-state index in [1.54, 1.807) is 0 Å². The number of hydrogen-bond acceptors (Lipinski definition) is 3. The van der Waals surface area contributed by atoms with Gasteiger partial charge in [0.15, 0.2) is 0 Å². The molecule has 0 aliphatic carbocycles. The molecular weight excluding hydrogens is 224 g/mol. The van der Waals surface area contributed by atoms with Crippen molar-refractivity contribution in [3.8, 4) is 5.75 Å². The molecule has 0 radical (unpaired) electrons. The van der Waals surface area contributed by atoms with Gasteiger partial charge in [-0.1, -0.05) is 19.9 Å². The molecule has 3 N–H and O–H groups in total. The third-order valence-electron chi connectivity index (χ3n) is 3.27. The number of rotatable bonds is 6. The maximum atomic E-state index is 10.1. The zero-order valence-corrected chi connectivity index (χ0v) is 12.0. The topological polar surface area (TPSA) is 49.5 Å². The molecule has 0 aliphatic rings. The Balaban J connectivity index is 2.91. The van der Waals surface area contributed by atoms with Gasteiger partial charge in [0.05, 0.1) is 0 Å². The van der Waals surface area contributed by atoms with Crippen molar-refractivity contribution in [2.45, 2.75) is 40.2 Å². The van der Waals surface area contributed by atoms with Crippen LogP contribution in [-0.4, -0.2) is 18.2 Å². The fourth-order valence-corrected chi connectivity index (χ4v) is 2.27. The van der Waals surface area contributed by atoms with E-state index in [0.717, 1.165) is 30.8 Å². The van der Waals surface area contributed by atoms with Crippen molar-refractivity contribution in [2.24, 2.45) is 11.7 Å². The average Bonchev–Trinajstić information content (AvgIpc) is 2.29. The van der Waals surface area contributed by atoms with Crippen molar-refractivity contribution >= 4 is 5.69 Å². The highest BCUT2D eigenvalue weighted by Crippen LogP contribution is 2.30. The van der Waals surface area contributed by atoms with Gasteiger partial charge < -0.3 is 15.7 Å². The van der Waals surface area contributed by atoms with E-state index in [4.69, 9.17) is 5.73 Å². The normalized spacial score (nSPS) is 12.8. The van der Waals surface area contributed by atoms with Gasteiger partial charge in [0.1, 0.15) is 5.75 Å². The summed E-state index contributed by atoms with van der Waals surface area (Å²) in [6.45, 7) is 10.4. The van der Waals surface area contributed by atoms with Gasteiger partial charge in [0.2, 0.25) is 0 Å². The first-order valence-corrected chi connectivity index (χ1v) is 6.83. The third kappa shape index (κ3) is 3.64. The Kier molecular flexibility index (Phi) is 5.48. The summed E-state index contributed by atoms with van der Waals surface area (Å²) >= 11 is 0. The maximum absolute atomic E-state index is 10.1. The van der Waals surface area contributed by atoms with Gasteiger partial charge in [-0.05, 0) is 32.3 Å². The van der Waals surface area contributed by atoms with Crippen LogP contribution in [0.4, 0.5) is 5.69 Å². The summed E-state index contributed by atoms with van der Waals surface area (Å²) in [6.07, 6.45) is 0.887. The third-order valence-corrected chi connectivity index (χ3v) is 3.27. The molecule has 0 aliphatic heterocycles. The van der Waals surface area contributed by atoms with Crippen molar-refractivity contribution in [2.75, 3.05) is 18.0 Å². The molecular formula is C15H26N2O. The molecule has 0 heterocycles. The first-order valence-electron chi connectivity index (χ1n) is 6.83. The molecule has 1 aromatic rings. The lowest BCUT2D eigenvalue weighted by atomic mass is 9.97. The van der Waals surface area contributed by atoms with Crippen molar-refractivity contribution in [1.82, 2.24) is 0 Å². The van der Waals surface area contributed by atoms with Crippen LogP contribution in [0.3, 0.4) is 0 Å². The minimum absolute atomic E-state index is 0.0873. The monoisotopic (exact) mass is 250 g/mol. The van der Waals surface area contributed by atoms with E-state index in [2.05, 4.69) is 32.6 Å². The minimum Gasteiger partial charge on any atom is -0.508 e. The van der Waals surface area contributed by atoms with Crippen molar-refractivity contribution in [1.29, 1.82) is 0 Å². The van der Waals surface area contributed by atoms with Crippen LogP contribution in [0, 0.1) is 5.92 Å². The predicted octanol–water partition coefficient (Wildman–Crippen LogP) is 3.28. The molecule has 0 fully saturated rings. The standard InChI is InChI=1S/C15H26N2O/c1-5-17(6-2)12-7-8-13(15(18)10-12)14(16)9-11(3)4/h7-8,10-11,14,18H,5-6,9,16H2,1-4H3/t14-/m1/s1. The Morgan fingerprint density at radius 2 is 1.83 bits per heavy atom. The largest absolute Gasteiger partial charge is 0.508 e. The zero-order valence-electron chi connectivity index (χ0n) is 12.0. The average molecular weight is 250 g/mol. The molecule has 1 rings (SSSR count). The molecule has 0 bridgehead atoms. The van der Waals surface area contributed by atoms with Crippen molar-refractivity contribution in [3.05, 3.63) is 23.8 Å². The van der Waals surface area contributed by atoms with Gasteiger partial charge >= 0.3 is 0 Å². The van der Waals surface area contributed by atoms with Crippen LogP contribution in [0.5, 0.6) is 5.75 Å². The van der Waals surface area contributed by atoms with Gasteiger partial charge in [-0.2, -0.15) is 0 Å². The Hall–Kier alpha value is -1.22. The number of hydrogen-bond donors (Lipinski definition) is 2. The van der Waals surface area contributed by atoms with Crippen LogP contribution in [0.1, 0.15) is 45.7 Å². The van der Waals surface area contributed by atoms with Gasteiger partial charge in [0, 0.05) is 36.4 Å². The second-order valence-corrected chi connectivity index (χ2v) is 5.15. The first-order chi connectivity index (χ1) is 8.49. The molecule has 3 nitrogen and oxygen atoms in total. The molecule has 1 atom stereocenters. The SMILES string of the molecule is CCN(CC)c1ccc([C@H](N)CC(C)C)c(O)c1. The second-order valence-electron chi connectivity index (χ2n) is 5.15. The van der Waals surface area contributed by atoms with Crippen LogP contribution in [-0.2, 0) is 0 Å². The summed E-state index contributed by atoms with van der Waals surface area (Å²) in [6, 6.07) is 5.73. The summed E-state index contributed by atoms with van der Waals surface area (Å²) < 4.78 is 0. The fourth-order valence-electron chi connectivity index (χ4n) is 2.27. The molecule has 102 valence electrons. The highest BCUT2D eigenvalue weighted by atomic mass is 16.3. The van der Waals surface area contributed by atoms with Gasteiger partial charge in [-0.3, -0.25) is 0 Å². The van der Waals surface area contributed by atoms with Crippen LogP contribution >= 0.6 is 0 Å². The molecule has 0 spiro atoms. The van der Waals surface area contributed by atoms with E-state index in [1.807, 2.05) is 18.2 Å². The summed E-state index contributed by atoms with van der Waals surface area (Å²) in [5.74, 6) is 0.842. The molecule has 1 aromatic carbocycles. The number of benzene rings is 1. The van der Waals surface area contributed by atoms with E-state index in [1.165, 1.54) is 0 Å². The van der Waals surface area contributed by atoms with Crippen molar-refractivity contribution < 1.29 is 5.11 Å². The number of anilines is 1. The smallest absolute Gasteiger partial charge is 0.122 e. The number of nitrogens with zero attached hydrogens (tertiary/aromatic N) is 1. The molecule has 0 saturated heterocycles. The Morgan fingerprint density at radius 1 is 1.22 bits per heavy atom. The molecule has 3 heteroatoms. The minimum atomic E-state index is -0.0873. The molecule has 0 amide bonds. The lowest BCUT2D eigenvalue weighted by molar-refractivity contribution is 0.445. The van der Waals surface area contributed by atoms with Crippen LogP contribution in [0.2, 0.25) is 0 Å². The Bertz CT molecular complexity index is 373.